The van der Waals surface area contributed by atoms with Crippen molar-refractivity contribution in [2.75, 3.05) is 19.0 Å². The summed E-state index contributed by atoms with van der Waals surface area (Å²) in [5, 5.41) is 3.59. The van der Waals surface area contributed by atoms with Crippen LogP contribution < -0.4 is 10.1 Å². The molecule has 1 aromatic carbocycles. The fraction of sp³-hybridized carbons (Fsp3) is 0.357. The molecule has 0 saturated carbocycles. The highest BCUT2D eigenvalue weighted by molar-refractivity contribution is 9.09. The molecule has 0 aliphatic carbocycles. The first-order valence-corrected chi connectivity index (χ1v) is 6.84. The zero-order valence-electron chi connectivity index (χ0n) is 10.3. The number of ether oxygens (including phenoxy) is 1. The third kappa shape index (κ3) is 5.24. The Kier molecular flexibility index (Phi) is 6.97. The van der Waals surface area contributed by atoms with Gasteiger partial charge in [0.25, 0.3) is 0 Å². The first-order valence-electron chi connectivity index (χ1n) is 5.72. The molecule has 1 amide bonds. The molecule has 1 aromatic rings. The molecule has 0 heterocycles. The second-order valence-corrected chi connectivity index (χ2v) is 4.36. The van der Waals surface area contributed by atoms with Gasteiger partial charge in [0.05, 0.1) is 19.2 Å². The summed E-state index contributed by atoms with van der Waals surface area (Å²) >= 11 is 3.28. The van der Waals surface area contributed by atoms with Crippen molar-refractivity contribution in [1.29, 1.82) is 0 Å². The number of nitrogens with one attached hydrogen (secondary N) is 1. The molecule has 0 atom stereocenters. The summed E-state index contributed by atoms with van der Waals surface area (Å²) in [6.45, 7) is 0.360. The number of methoxy groups -OCH3 is 1. The molecule has 0 unspecified atom stereocenters. The SMILES string of the molecule is COc1ccccc1C#CCNC(=O)CCCBr. The van der Waals surface area contributed by atoms with E-state index in [1.54, 1.807) is 7.11 Å². The predicted molar refractivity (Wildman–Crippen MR) is 75.9 cm³/mol. The van der Waals surface area contributed by atoms with E-state index in [1.807, 2.05) is 24.3 Å². The largest absolute Gasteiger partial charge is 0.495 e. The minimum absolute atomic E-state index is 0.0313. The highest BCUT2D eigenvalue weighted by Crippen LogP contribution is 2.15. The van der Waals surface area contributed by atoms with E-state index in [1.165, 1.54) is 0 Å². The van der Waals surface area contributed by atoms with E-state index in [-0.39, 0.29) is 5.91 Å². The van der Waals surface area contributed by atoms with Crippen molar-refractivity contribution in [2.45, 2.75) is 12.8 Å². The second kappa shape index (κ2) is 8.60. The van der Waals surface area contributed by atoms with Crippen molar-refractivity contribution >= 4 is 21.8 Å². The third-order valence-corrected chi connectivity index (χ3v) is 2.80. The van der Waals surface area contributed by atoms with Gasteiger partial charge in [-0.25, -0.2) is 0 Å². The van der Waals surface area contributed by atoms with Crippen LogP contribution in [-0.2, 0) is 4.79 Å². The molecule has 3 nitrogen and oxygen atoms in total. The van der Waals surface area contributed by atoms with Crippen molar-refractivity contribution in [3.8, 4) is 17.6 Å². The van der Waals surface area contributed by atoms with Gasteiger partial charge < -0.3 is 10.1 Å². The zero-order valence-corrected chi connectivity index (χ0v) is 11.9. The van der Waals surface area contributed by atoms with Crippen LogP contribution in [0.1, 0.15) is 18.4 Å². The topological polar surface area (TPSA) is 38.3 Å². The Bertz CT molecular complexity index is 449. The van der Waals surface area contributed by atoms with E-state index >= 15 is 0 Å². The lowest BCUT2D eigenvalue weighted by Crippen LogP contribution is -2.23. The molecule has 0 aliphatic heterocycles. The average Bonchev–Trinajstić information content (AvgIpc) is 2.41. The minimum atomic E-state index is 0.0313. The first kappa shape index (κ1) is 14.6. The second-order valence-electron chi connectivity index (χ2n) is 3.57. The van der Waals surface area contributed by atoms with Crippen LogP contribution in [0.3, 0.4) is 0 Å². The number of benzene rings is 1. The van der Waals surface area contributed by atoms with Crippen molar-refractivity contribution in [3.63, 3.8) is 0 Å². The molecular weight excluding hydrogens is 294 g/mol. The molecule has 96 valence electrons. The van der Waals surface area contributed by atoms with Gasteiger partial charge in [0.15, 0.2) is 0 Å². The number of alkyl halides is 1. The smallest absolute Gasteiger partial charge is 0.220 e. The molecule has 0 bridgehead atoms. The van der Waals surface area contributed by atoms with Crippen molar-refractivity contribution in [3.05, 3.63) is 29.8 Å². The van der Waals surface area contributed by atoms with Crippen LogP contribution in [0.2, 0.25) is 0 Å². The monoisotopic (exact) mass is 309 g/mol. The number of para-hydroxylation sites is 1. The fourth-order valence-electron chi connectivity index (χ4n) is 1.35. The highest BCUT2D eigenvalue weighted by atomic mass is 79.9. The number of amides is 1. The highest BCUT2D eigenvalue weighted by Gasteiger charge is 1.98. The molecule has 0 spiro atoms. The molecule has 0 fully saturated rings. The Hall–Kier alpha value is -1.47. The van der Waals surface area contributed by atoms with Crippen LogP contribution in [-0.4, -0.2) is 24.9 Å². The molecule has 4 heteroatoms. The first-order chi connectivity index (χ1) is 8.77. The Morgan fingerprint density at radius 3 is 2.94 bits per heavy atom. The van der Waals surface area contributed by atoms with Crippen LogP contribution in [0, 0.1) is 11.8 Å². The van der Waals surface area contributed by atoms with Crippen molar-refractivity contribution in [2.24, 2.45) is 0 Å². The van der Waals surface area contributed by atoms with E-state index in [9.17, 15) is 4.79 Å². The van der Waals surface area contributed by atoms with Crippen LogP contribution in [0.25, 0.3) is 0 Å². The Balaban J connectivity index is 2.44. The van der Waals surface area contributed by atoms with Crippen molar-refractivity contribution in [1.82, 2.24) is 5.32 Å². The van der Waals surface area contributed by atoms with Gasteiger partial charge in [-0.2, -0.15) is 0 Å². The summed E-state index contributed by atoms with van der Waals surface area (Å²) in [6, 6.07) is 7.55. The average molecular weight is 310 g/mol. The lowest BCUT2D eigenvalue weighted by molar-refractivity contribution is -0.120. The number of rotatable bonds is 5. The number of carbonyl (C=O) groups excluding carboxylic acids is 1. The standard InChI is InChI=1S/C14H16BrNO2/c1-18-13-8-3-2-6-12(13)7-5-11-16-14(17)9-4-10-15/h2-3,6,8H,4,9-11H2,1H3,(H,16,17). The maximum Gasteiger partial charge on any atom is 0.220 e. The van der Waals surface area contributed by atoms with E-state index in [2.05, 4.69) is 33.1 Å². The molecular formula is C14H16BrNO2. The van der Waals surface area contributed by atoms with Crippen LogP contribution in [0.15, 0.2) is 24.3 Å². The maximum atomic E-state index is 11.3. The normalized spacial score (nSPS) is 9.22. The van der Waals surface area contributed by atoms with Gasteiger partial charge in [0, 0.05) is 11.8 Å². The molecule has 0 radical (unpaired) electrons. The van der Waals surface area contributed by atoms with Crippen LogP contribution in [0.4, 0.5) is 0 Å². The van der Waals surface area contributed by atoms with Gasteiger partial charge >= 0.3 is 0 Å². The summed E-state index contributed by atoms with van der Waals surface area (Å²) in [5.74, 6) is 6.66. The van der Waals surface area contributed by atoms with Gasteiger partial charge in [0.1, 0.15) is 5.75 Å². The molecule has 0 aromatic heterocycles. The van der Waals surface area contributed by atoms with Gasteiger partial charge in [-0.05, 0) is 18.6 Å². The van der Waals surface area contributed by atoms with Gasteiger partial charge in [-0.15, -0.1) is 0 Å². The van der Waals surface area contributed by atoms with E-state index in [0.29, 0.717) is 13.0 Å². The van der Waals surface area contributed by atoms with Gasteiger partial charge in [-0.3, -0.25) is 4.79 Å². The Morgan fingerprint density at radius 1 is 1.44 bits per heavy atom. The van der Waals surface area contributed by atoms with E-state index in [0.717, 1.165) is 23.1 Å². The lowest BCUT2D eigenvalue weighted by Gasteiger charge is -2.01. The summed E-state index contributed by atoms with van der Waals surface area (Å²) in [5.41, 5.74) is 0.828. The maximum absolute atomic E-state index is 11.3. The lowest BCUT2D eigenvalue weighted by atomic mass is 10.2. The fourth-order valence-corrected chi connectivity index (χ4v) is 1.63. The van der Waals surface area contributed by atoms with Gasteiger partial charge in [-0.1, -0.05) is 39.9 Å². The Labute approximate surface area is 116 Å². The third-order valence-electron chi connectivity index (χ3n) is 2.24. The van der Waals surface area contributed by atoms with Crippen LogP contribution in [0.5, 0.6) is 5.75 Å². The number of hydrogen-bond donors (Lipinski definition) is 1. The molecule has 1 N–H and O–H groups in total. The van der Waals surface area contributed by atoms with E-state index < -0.39 is 0 Å². The van der Waals surface area contributed by atoms with E-state index in [4.69, 9.17) is 4.74 Å². The minimum Gasteiger partial charge on any atom is -0.495 e. The summed E-state index contributed by atoms with van der Waals surface area (Å²) in [4.78, 5) is 11.3. The van der Waals surface area contributed by atoms with Crippen molar-refractivity contribution < 1.29 is 9.53 Å². The Morgan fingerprint density at radius 2 is 2.22 bits per heavy atom. The number of hydrogen-bond acceptors (Lipinski definition) is 2. The predicted octanol–water partition coefficient (Wildman–Crippen LogP) is 2.34. The summed E-state index contributed by atoms with van der Waals surface area (Å²) in [6.07, 6.45) is 1.37. The summed E-state index contributed by atoms with van der Waals surface area (Å²) in [7, 11) is 1.61. The molecule has 0 saturated heterocycles. The molecule has 0 aliphatic rings. The number of carbonyl (C=O) groups is 1. The quantitative estimate of drug-likeness (QED) is 0.670. The molecule has 18 heavy (non-hydrogen) atoms. The van der Waals surface area contributed by atoms with Gasteiger partial charge in [0.2, 0.25) is 5.91 Å². The zero-order chi connectivity index (χ0) is 13.2. The summed E-state index contributed by atoms with van der Waals surface area (Å²) < 4.78 is 5.18. The number of halogens is 1. The van der Waals surface area contributed by atoms with Crippen LogP contribution >= 0.6 is 15.9 Å². The molecule has 1 rings (SSSR count).